The lowest BCUT2D eigenvalue weighted by Crippen LogP contribution is -2.23. The zero-order chi connectivity index (χ0) is 13.0. The zero-order valence-electron chi connectivity index (χ0n) is 10.4. The Morgan fingerprint density at radius 3 is 2.61 bits per heavy atom. The standard InChI is InChI=1S/C14H15NO3/c1-3-18-15-14(16)12-5-4-11-9-13(17-2)7-6-10(11)8-12/h4-9H,3H2,1-2H3,(H,15,16). The van der Waals surface area contributed by atoms with E-state index in [-0.39, 0.29) is 5.91 Å². The largest absolute Gasteiger partial charge is 0.497 e. The molecule has 1 N–H and O–H groups in total. The fourth-order valence-corrected chi connectivity index (χ4v) is 1.69. The monoisotopic (exact) mass is 245 g/mol. The highest BCUT2D eigenvalue weighted by Gasteiger charge is 2.06. The molecule has 94 valence electrons. The van der Waals surface area contributed by atoms with Crippen molar-refractivity contribution in [1.82, 2.24) is 5.48 Å². The van der Waals surface area contributed by atoms with Crippen LogP contribution in [-0.4, -0.2) is 19.6 Å². The summed E-state index contributed by atoms with van der Waals surface area (Å²) in [6.07, 6.45) is 0. The van der Waals surface area contributed by atoms with E-state index in [1.54, 1.807) is 13.2 Å². The van der Waals surface area contributed by atoms with Crippen LogP contribution < -0.4 is 10.2 Å². The summed E-state index contributed by atoms with van der Waals surface area (Å²) >= 11 is 0. The number of hydrogen-bond acceptors (Lipinski definition) is 3. The Hall–Kier alpha value is -2.07. The summed E-state index contributed by atoms with van der Waals surface area (Å²) in [6.45, 7) is 2.25. The molecule has 0 radical (unpaired) electrons. The summed E-state index contributed by atoms with van der Waals surface area (Å²) in [5.41, 5.74) is 2.94. The quantitative estimate of drug-likeness (QED) is 0.842. The molecule has 0 saturated carbocycles. The maximum Gasteiger partial charge on any atom is 0.274 e. The Morgan fingerprint density at radius 1 is 1.17 bits per heavy atom. The van der Waals surface area contributed by atoms with Gasteiger partial charge in [0, 0.05) is 5.56 Å². The number of hydroxylamine groups is 1. The average Bonchev–Trinajstić information content (AvgIpc) is 2.43. The Bertz CT molecular complexity index is 566. The summed E-state index contributed by atoms with van der Waals surface area (Å²) < 4.78 is 5.15. The molecule has 4 nitrogen and oxygen atoms in total. The van der Waals surface area contributed by atoms with E-state index < -0.39 is 0 Å². The highest BCUT2D eigenvalue weighted by atomic mass is 16.6. The van der Waals surface area contributed by atoms with Crippen LogP contribution in [-0.2, 0) is 4.84 Å². The first kappa shape index (κ1) is 12.4. The van der Waals surface area contributed by atoms with Crippen LogP contribution in [0.3, 0.4) is 0 Å². The molecule has 0 aliphatic carbocycles. The predicted octanol–water partition coefficient (Wildman–Crippen LogP) is 2.53. The molecule has 0 aromatic heterocycles. The summed E-state index contributed by atoms with van der Waals surface area (Å²) in [4.78, 5) is 16.6. The molecular formula is C14H15NO3. The Balaban J connectivity index is 2.30. The van der Waals surface area contributed by atoms with Gasteiger partial charge in [-0.1, -0.05) is 12.1 Å². The number of rotatable bonds is 4. The van der Waals surface area contributed by atoms with E-state index in [0.717, 1.165) is 16.5 Å². The van der Waals surface area contributed by atoms with Gasteiger partial charge in [0.25, 0.3) is 5.91 Å². The topological polar surface area (TPSA) is 47.6 Å². The summed E-state index contributed by atoms with van der Waals surface area (Å²) in [5.74, 6) is 0.559. The number of nitrogens with one attached hydrogen (secondary N) is 1. The molecule has 0 spiro atoms. The van der Waals surface area contributed by atoms with Gasteiger partial charge in [0.05, 0.1) is 13.7 Å². The maximum atomic E-state index is 11.7. The predicted molar refractivity (Wildman–Crippen MR) is 69.6 cm³/mol. The minimum Gasteiger partial charge on any atom is -0.497 e. The first-order valence-corrected chi connectivity index (χ1v) is 5.74. The number of hydrogen-bond donors (Lipinski definition) is 1. The lowest BCUT2D eigenvalue weighted by atomic mass is 10.1. The minimum atomic E-state index is -0.241. The van der Waals surface area contributed by atoms with Crippen molar-refractivity contribution in [2.24, 2.45) is 0 Å². The molecule has 0 aliphatic rings. The van der Waals surface area contributed by atoms with Gasteiger partial charge in [-0.3, -0.25) is 9.63 Å². The van der Waals surface area contributed by atoms with Gasteiger partial charge in [-0.05, 0) is 42.0 Å². The van der Waals surface area contributed by atoms with Crippen LogP contribution in [0.2, 0.25) is 0 Å². The van der Waals surface area contributed by atoms with Gasteiger partial charge >= 0.3 is 0 Å². The van der Waals surface area contributed by atoms with Gasteiger partial charge in [-0.25, -0.2) is 5.48 Å². The molecule has 0 saturated heterocycles. The van der Waals surface area contributed by atoms with Crippen LogP contribution in [0, 0.1) is 0 Å². The zero-order valence-corrected chi connectivity index (χ0v) is 10.4. The highest BCUT2D eigenvalue weighted by Crippen LogP contribution is 2.21. The molecule has 2 aromatic carbocycles. The molecule has 0 unspecified atom stereocenters. The number of ether oxygens (including phenoxy) is 1. The summed E-state index contributed by atoms with van der Waals surface area (Å²) in [7, 11) is 1.63. The van der Waals surface area contributed by atoms with Crippen LogP contribution in [0.25, 0.3) is 10.8 Å². The van der Waals surface area contributed by atoms with E-state index >= 15 is 0 Å². The van der Waals surface area contributed by atoms with Crippen LogP contribution in [0.5, 0.6) is 5.75 Å². The van der Waals surface area contributed by atoms with Crippen molar-refractivity contribution in [2.45, 2.75) is 6.92 Å². The van der Waals surface area contributed by atoms with E-state index in [2.05, 4.69) is 5.48 Å². The Kier molecular flexibility index (Phi) is 3.79. The fourth-order valence-electron chi connectivity index (χ4n) is 1.69. The number of methoxy groups -OCH3 is 1. The number of fused-ring (bicyclic) bond motifs is 1. The first-order valence-electron chi connectivity index (χ1n) is 5.74. The van der Waals surface area contributed by atoms with E-state index in [9.17, 15) is 4.79 Å². The molecule has 0 aliphatic heterocycles. The summed E-state index contributed by atoms with van der Waals surface area (Å²) in [6, 6.07) is 11.2. The molecule has 0 atom stereocenters. The molecular weight excluding hydrogens is 230 g/mol. The van der Waals surface area contributed by atoms with Crippen LogP contribution in [0.4, 0.5) is 0 Å². The third-order valence-electron chi connectivity index (χ3n) is 2.62. The molecule has 0 heterocycles. The van der Waals surface area contributed by atoms with Crippen molar-refractivity contribution in [3.05, 3.63) is 42.0 Å². The highest BCUT2D eigenvalue weighted by molar-refractivity contribution is 5.98. The molecule has 0 bridgehead atoms. The second kappa shape index (κ2) is 5.51. The second-order valence-electron chi connectivity index (χ2n) is 3.79. The first-order chi connectivity index (χ1) is 8.74. The van der Waals surface area contributed by atoms with Crippen molar-refractivity contribution in [1.29, 1.82) is 0 Å². The van der Waals surface area contributed by atoms with Crippen molar-refractivity contribution < 1.29 is 14.4 Å². The third-order valence-corrected chi connectivity index (χ3v) is 2.62. The van der Waals surface area contributed by atoms with Crippen LogP contribution >= 0.6 is 0 Å². The summed E-state index contributed by atoms with van der Waals surface area (Å²) in [5, 5.41) is 2.02. The van der Waals surface area contributed by atoms with Gasteiger partial charge in [-0.15, -0.1) is 0 Å². The molecule has 2 rings (SSSR count). The lowest BCUT2D eigenvalue weighted by molar-refractivity contribution is 0.0364. The van der Waals surface area contributed by atoms with Gasteiger partial charge < -0.3 is 4.74 Å². The van der Waals surface area contributed by atoms with Crippen molar-refractivity contribution in [3.63, 3.8) is 0 Å². The van der Waals surface area contributed by atoms with E-state index in [1.807, 2.05) is 37.3 Å². The number of carbonyl (C=O) groups is 1. The van der Waals surface area contributed by atoms with Crippen LogP contribution in [0.1, 0.15) is 17.3 Å². The van der Waals surface area contributed by atoms with E-state index in [4.69, 9.17) is 9.57 Å². The normalized spacial score (nSPS) is 10.3. The molecule has 2 aromatic rings. The van der Waals surface area contributed by atoms with E-state index in [0.29, 0.717) is 12.2 Å². The number of benzene rings is 2. The van der Waals surface area contributed by atoms with Gasteiger partial charge in [0.2, 0.25) is 0 Å². The number of carbonyl (C=O) groups excluding carboxylic acids is 1. The fraction of sp³-hybridized carbons (Fsp3) is 0.214. The minimum absolute atomic E-state index is 0.241. The average molecular weight is 245 g/mol. The lowest BCUT2D eigenvalue weighted by Gasteiger charge is -2.06. The van der Waals surface area contributed by atoms with Crippen LogP contribution in [0.15, 0.2) is 36.4 Å². The van der Waals surface area contributed by atoms with Crippen molar-refractivity contribution in [3.8, 4) is 5.75 Å². The van der Waals surface area contributed by atoms with Gasteiger partial charge in [0.15, 0.2) is 0 Å². The Labute approximate surface area is 105 Å². The maximum absolute atomic E-state index is 11.7. The molecule has 4 heteroatoms. The van der Waals surface area contributed by atoms with Gasteiger partial charge in [-0.2, -0.15) is 0 Å². The SMILES string of the molecule is CCONC(=O)c1ccc2cc(OC)ccc2c1. The molecule has 18 heavy (non-hydrogen) atoms. The molecule has 1 amide bonds. The Morgan fingerprint density at radius 2 is 1.89 bits per heavy atom. The second-order valence-corrected chi connectivity index (χ2v) is 3.79. The van der Waals surface area contributed by atoms with Crippen molar-refractivity contribution >= 4 is 16.7 Å². The van der Waals surface area contributed by atoms with Gasteiger partial charge in [0.1, 0.15) is 5.75 Å². The molecule has 0 fully saturated rings. The smallest absolute Gasteiger partial charge is 0.274 e. The van der Waals surface area contributed by atoms with E-state index in [1.165, 1.54) is 0 Å². The number of amides is 1. The van der Waals surface area contributed by atoms with Crippen molar-refractivity contribution in [2.75, 3.05) is 13.7 Å². The third kappa shape index (κ3) is 2.60.